The molecule has 0 spiro atoms. The van der Waals surface area contributed by atoms with E-state index in [1.54, 1.807) is 0 Å². The second-order valence-electron chi connectivity index (χ2n) is 2.33. The van der Waals surface area contributed by atoms with E-state index in [1.807, 2.05) is 5.32 Å². The lowest BCUT2D eigenvalue weighted by molar-refractivity contribution is 0.0966. The van der Waals surface area contributed by atoms with Crippen LogP contribution in [0.25, 0.3) is 0 Å². The lowest BCUT2D eigenvalue weighted by atomic mass is 10.2. The molecule has 0 bridgehead atoms. The minimum absolute atomic E-state index is 0.0544. The molecule has 0 saturated carbocycles. The SMILES string of the molecule is NC(=O)NC(=O)c1cccc(F)c1. The molecule has 0 aliphatic heterocycles. The number of halogens is 1. The van der Waals surface area contributed by atoms with Crippen LogP contribution in [-0.2, 0) is 0 Å². The first-order valence-corrected chi connectivity index (χ1v) is 3.46. The van der Waals surface area contributed by atoms with Gasteiger partial charge in [0.2, 0.25) is 0 Å². The molecule has 3 N–H and O–H groups in total. The van der Waals surface area contributed by atoms with Crippen LogP contribution >= 0.6 is 0 Å². The number of carbonyl (C=O) groups is 2. The van der Waals surface area contributed by atoms with Gasteiger partial charge in [0.25, 0.3) is 5.91 Å². The maximum absolute atomic E-state index is 12.6. The lowest BCUT2D eigenvalue weighted by Gasteiger charge is -1.99. The molecule has 3 amide bonds. The molecule has 0 atom stereocenters. The molecule has 0 unspecified atom stereocenters. The molecule has 0 aliphatic rings. The van der Waals surface area contributed by atoms with Gasteiger partial charge in [0.1, 0.15) is 5.82 Å². The van der Waals surface area contributed by atoms with Gasteiger partial charge < -0.3 is 5.73 Å². The summed E-state index contributed by atoms with van der Waals surface area (Å²) >= 11 is 0. The number of primary amides is 1. The van der Waals surface area contributed by atoms with Crippen LogP contribution in [0.4, 0.5) is 9.18 Å². The number of carbonyl (C=O) groups excluding carboxylic acids is 2. The Balaban J connectivity index is 2.83. The van der Waals surface area contributed by atoms with Crippen molar-refractivity contribution >= 4 is 11.9 Å². The summed E-state index contributed by atoms with van der Waals surface area (Å²) in [6, 6.07) is 3.99. The number of hydrogen-bond donors (Lipinski definition) is 2. The Morgan fingerprint density at radius 2 is 2.08 bits per heavy atom. The number of amides is 3. The van der Waals surface area contributed by atoms with Gasteiger partial charge in [-0.2, -0.15) is 0 Å². The highest BCUT2D eigenvalue weighted by Gasteiger charge is 2.07. The van der Waals surface area contributed by atoms with Crippen molar-refractivity contribution in [3.63, 3.8) is 0 Å². The Morgan fingerprint density at radius 3 is 2.62 bits per heavy atom. The number of nitrogens with one attached hydrogen (secondary N) is 1. The van der Waals surface area contributed by atoms with E-state index in [9.17, 15) is 14.0 Å². The van der Waals surface area contributed by atoms with Gasteiger partial charge in [-0.15, -0.1) is 0 Å². The number of urea groups is 1. The Bertz CT molecular complexity index is 352. The average molecular weight is 182 g/mol. The maximum Gasteiger partial charge on any atom is 0.319 e. The van der Waals surface area contributed by atoms with Crippen molar-refractivity contribution in [1.29, 1.82) is 0 Å². The van der Waals surface area contributed by atoms with Crippen LogP contribution in [0.15, 0.2) is 24.3 Å². The third-order valence-corrected chi connectivity index (χ3v) is 1.32. The van der Waals surface area contributed by atoms with Crippen molar-refractivity contribution in [2.45, 2.75) is 0 Å². The molecule has 0 fully saturated rings. The normalized spacial score (nSPS) is 9.31. The Morgan fingerprint density at radius 1 is 1.38 bits per heavy atom. The zero-order valence-electron chi connectivity index (χ0n) is 6.58. The van der Waals surface area contributed by atoms with E-state index in [2.05, 4.69) is 0 Å². The lowest BCUT2D eigenvalue weighted by Crippen LogP contribution is -2.34. The number of imide groups is 1. The van der Waals surface area contributed by atoms with Crippen molar-refractivity contribution in [1.82, 2.24) is 5.32 Å². The molecule has 68 valence electrons. The summed E-state index contributed by atoms with van der Waals surface area (Å²) < 4.78 is 12.6. The van der Waals surface area contributed by atoms with E-state index in [-0.39, 0.29) is 5.56 Å². The first-order chi connectivity index (χ1) is 6.09. The fraction of sp³-hybridized carbons (Fsp3) is 0. The van der Waals surface area contributed by atoms with E-state index >= 15 is 0 Å². The summed E-state index contributed by atoms with van der Waals surface area (Å²) in [6.45, 7) is 0. The van der Waals surface area contributed by atoms with Crippen molar-refractivity contribution in [3.8, 4) is 0 Å². The minimum atomic E-state index is -0.964. The van der Waals surface area contributed by atoms with Crippen molar-refractivity contribution in [2.24, 2.45) is 5.73 Å². The van der Waals surface area contributed by atoms with Gasteiger partial charge >= 0.3 is 6.03 Å². The van der Waals surface area contributed by atoms with E-state index in [1.165, 1.54) is 18.2 Å². The van der Waals surface area contributed by atoms with Crippen LogP contribution < -0.4 is 11.1 Å². The topological polar surface area (TPSA) is 72.2 Å². The van der Waals surface area contributed by atoms with E-state index < -0.39 is 17.8 Å². The summed E-state index contributed by atoms with van der Waals surface area (Å²) in [6.07, 6.45) is 0. The van der Waals surface area contributed by atoms with Gasteiger partial charge in [-0.25, -0.2) is 9.18 Å². The largest absolute Gasteiger partial charge is 0.351 e. The molecule has 0 radical (unpaired) electrons. The Hall–Kier alpha value is -1.91. The monoisotopic (exact) mass is 182 g/mol. The second kappa shape index (κ2) is 3.66. The zero-order valence-corrected chi connectivity index (χ0v) is 6.58. The highest BCUT2D eigenvalue weighted by Crippen LogP contribution is 2.02. The summed E-state index contributed by atoms with van der Waals surface area (Å²) in [7, 11) is 0. The number of nitrogens with two attached hydrogens (primary N) is 1. The molecule has 4 nitrogen and oxygen atoms in total. The fourth-order valence-electron chi connectivity index (χ4n) is 0.814. The van der Waals surface area contributed by atoms with Gasteiger partial charge in [0, 0.05) is 5.56 Å². The maximum atomic E-state index is 12.6. The van der Waals surface area contributed by atoms with Crippen LogP contribution in [0.1, 0.15) is 10.4 Å². The molecular weight excluding hydrogens is 175 g/mol. The van der Waals surface area contributed by atoms with Crippen molar-refractivity contribution in [2.75, 3.05) is 0 Å². The number of benzene rings is 1. The highest BCUT2D eigenvalue weighted by atomic mass is 19.1. The fourth-order valence-corrected chi connectivity index (χ4v) is 0.814. The molecule has 1 rings (SSSR count). The first kappa shape index (κ1) is 9.18. The summed E-state index contributed by atoms with van der Waals surface area (Å²) in [4.78, 5) is 21.3. The third-order valence-electron chi connectivity index (χ3n) is 1.32. The summed E-state index contributed by atoms with van der Waals surface area (Å²) in [5, 5.41) is 1.82. The molecule has 0 aromatic heterocycles. The molecule has 0 saturated heterocycles. The molecule has 0 aliphatic carbocycles. The van der Waals surface area contributed by atoms with Crippen LogP contribution in [0.5, 0.6) is 0 Å². The van der Waals surface area contributed by atoms with Gasteiger partial charge in [0.05, 0.1) is 0 Å². The van der Waals surface area contributed by atoms with Crippen LogP contribution in [0.2, 0.25) is 0 Å². The standard InChI is InChI=1S/C8H7FN2O2/c9-6-3-1-2-5(4-6)7(12)11-8(10)13/h1-4H,(H3,10,11,12,13). The van der Waals surface area contributed by atoms with Gasteiger partial charge in [-0.05, 0) is 18.2 Å². The average Bonchev–Trinajstić information content (AvgIpc) is 2.03. The summed E-state index contributed by atoms with van der Waals surface area (Å²) in [5.41, 5.74) is 4.76. The summed E-state index contributed by atoms with van der Waals surface area (Å²) in [5.74, 6) is -1.26. The van der Waals surface area contributed by atoms with Crippen molar-refractivity contribution in [3.05, 3.63) is 35.6 Å². The van der Waals surface area contributed by atoms with Crippen LogP contribution in [0.3, 0.4) is 0 Å². The minimum Gasteiger partial charge on any atom is -0.351 e. The zero-order chi connectivity index (χ0) is 9.84. The number of hydrogen-bond acceptors (Lipinski definition) is 2. The van der Waals surface area contributed by atoms with E-state index in [0.29, 0.717) is 0 Å². The van der Waals surface area contributed by atoms with Gasteiger partial charge in [-0.3, -0.25) is 10.1 Å². The molecule has 1 aromatic carbocycles. The van der Waals surface area contributed by atoms with Gasteiger partial charge in [-0.1, -0.05) is 6.07 Å². The van der Waals surface area contributed by atoms with Gasteiger partial charge in [0.15, 0.2) is 0 Å². The third kappa shape index (κ3) is 2.55. The Labute approximate surface area is 73.5 Å². The van der Waals surface area contributed by atoms with Crippen molar-refractivity contribution < 1.29 is 14.0 Å². The molecule has 1 aromatic rings. The predicted molar refractivity (Wildman–Crippen MR) is 43.4 cm³/mol. The highest BCUT2D eigenvalue weighted by molar-refractivity contribution is 6.03. The first-order valence-electron chi connectivity index (χ1n) is 3.46. The van der Waals surface area contributed by atoms with Crippen LogP contribution in [0, 0.1) is 5.82 Å². The predicted octanol–water partition coefficient (Wildman–Crippen LogP) is 0.634. The quantitative estimate of drug-likeness (QED) is 0.668. The van der Waals surface area contributed by atoms with E-state index in [0.717, 1.165) is 6.07 Å². The van der Waals surface area contributed by atoms with E-state index in [4.69, 9.17) is 5.73 Å². The Kier molecular flexibility index (Phi) is 2.59. The second-order valence-corrected chi connectivity index (χ2v) is 2.33. The molecule has 5 heteroatoms. The van der Waals surface area contributed by atoms with Crippen LogP contribution in [-0.4, -0.2) is 11.9 Å². The molecule has 0 heterocycles. The molecular formula is C8H7FN2O2. The number of rotatable bonds is 1. The smallest absolute Gasteiger partial charge is 0.319 e. The molecule has 13 heavy (non-hydrogen) atoms.